The van der Waals surface area contributed by atoms with Crippen LogP contribution in [0.25, 0.3) is 0 Å². The first kappa shape index (κ1) is 24.3. The van der Waals surface area contributed by atoms with Crippen molar-refractivity contribution < 1.29 is 14.4 Å². The van der Waals surface area contributed by atoms with Gasteiger partial charge in [-0.15, -0.1) is 0 Å². The van der Waals surface area contributed by atoms with Gasteiger partial charge in [0.1, 0.15) is 5.75 Å². The van der Waals surface area contributed by atoms with E-state index in [2.05, 4.69) is 27.7 Å². The fourth-order valence-corrected chi connectivity index (χ4v) is 3.28. The van der Waals surface area contributed by atoms with Crippen molar-refractivity contribution in [3.05, 3.63) is 27.8 Å². The van der Waals surface area contributed by atoms with Crippen molar-refractivity contribution in [2.45, 2.75) is 86.0 Å². The number of rotatable bonds is 15. The van der Waals surface area contributed by atoms with Gasteiger partial charge < -0.3 is 9.47 Å². The minimum absolute atomic E-state index is 0.00690. The molecule has 0 aliphatic heterocycles. The second kappa shape index (κ2) is 13.4. The van der Waals surface area contributed by atoms with Gasteiger partial charge in [0.05, 0.1) is 24.2 Å². The lowest BCUT2D eigenvalue weighted by Crippen LogP contribution is -2.13. The highest BCUT2D eigenvalue weighted by Crippen LogP contribution is 2.35. The standard InChI is InChI=1S/C23H39NO4/c1-6-10-12-19(8-3)16-27-22-15-21(24(25)26)23(14-18(22)5)28-17-20(9-4)13-11-7-2/h14-15,19-20H,6-13,16-17H2,1-5H3. The highest BCUT2D eigenvalue weighted by Gasteiger charge is 2.21. The van der Waals surface area contributed by atoms with Gasteiger partial charge in [-0.2, -0.15) is 0 Å². The van der Waals surface area contributed by atoms with Gasteiger partial charge in [0.2, 0.25) is 0 Å². The predicted octanol–water partition coefficient (Wildman–Crippen LogP) is 7.09. The van der Waals surface area contributed by atoms with Gasteiger partial charge in [-0.3, -0.25) is 10.1 Å². The molecule has 28 heavy (non-hydrogen) atoms. The lowest BCUT2D eigenvalue weighted by molar-refractivity contribution is -0.386. The number of nitro benzene ring substituents is 1. The van der Waals surface area contributed by atoms with Crippen molar-refractivity contribution in [1.29, 1.82) is 0 Å². The Bertz CT molecular complexity index is 588. The van der Waals surface area contributed by atoms with Crippen LogP contribution in [0.1, 0.15) is 84.6 Å². The summed E-state index contributed by atoms with van der Waals surface area (Å²) in [6.07, 6.45) is 8.96. The number of nitrogens with zero attached hydrogens (tertiary/aromatic N) is 1. The van der Waals surface area contributed by atoms with Crippen LogP contribution in [0.15, 0.2) is 12.1 Å². The Morgan fingerprint density at radius 1 is 0.893 bits per heavy atom. The molecule has 2 unspecified atom stereocenters. The third-order valence-corrected chi connectivity index (χ3v) is 5.49. The smallest absolute Gasteiger partial charge is 0.314 e. The Morgan fingerprint density at radius 2 is 1.39 bits per heavy atom. The second-order valence-corrected chi connectivity index (χ2v) is 7.80. The molecule has 0 saturated carbocycles. The zero-order chi connectivity index (χ0) is 20.9. The lowest BCUT2D eigenvalue weighted by atomic mass is 10.0. The molecule has 0 bridgehead atoms. The predicted molar refractivity (Wildman–Crippen MR) is 115 cm³/mol. The molecule has 1 rings (SSSR count). The summed E-state index contributed by atoms with van der Waals surface area (Å²) in [4.78, 5) is 11.2. The van der Waals surface area contributed by atoms with E-state index in [9.17, 15) is 10.1 Å². The summed E-state index contributed by atoms with van der Waals surface area (Å²) < 4.78 is 11.9. The fraction of sp³-hybridized carbons (Fsp3) is 0.739. The van der Waals surface area contributed by atoms with E-state index in [1.807, 2.05) is 6.92 Å². The van der Waals surface area contributed by atoms with Gasteiger partial charge >= 0.3 is 5.69 Å². The number of ether oxygens (including phenoxy) is 2. The van der Waals surface area contributed by atoms with E-state index in [1.165, 1.54) is 18.9 Å². The molecular formula is C23H39NO4. The molecule has 1 aromatic carbocycles. The minimum atomic E-state index is -0.372. The summed E-state index contributed by atoms with van der Waals surface area (Å²) in [6, 6.07) is 3.29. The molecule has 0 heterocycles. The minimum Gasteiger partial charge on any atom is -0.493 e. The van der Waals surface area contributed by atoms with Crippen LogP contribution in [0.2, 0.25) is 0 Å². The molecule has 0 saturated heterocycles. The van der Waals surface area contributed by atoms with Gasteiger partial charge in [0.15, 0.2) is 5.75 Å². The molecule has 0 amide bonds. The van der Waals surface area contributed by atoms with Crippen LogP contribution in [-0.2, 0) is 0 Å². The van der Waals surface area contributed by atoms with E-state index in [0.717, 1.165) is 44.1 Å². The molecule has 1 aromatic rings. The zero-order valence-electron chi connectivity index (χ0n) is 18.5. The van der Waals surface area contributed by atoms with Gasteiger partial charge in [-0.25, -0.2) is 0 Å². The highest BCUT2D eigenvalue weighted by molar-refractivity contribution is 5.54. The first-order valence-electron chi connectivity index (χ1n) is 11.0. The quantitative estimate of drug-likeness (QED) is 0.236. The summed E-state index contributed by atoms with van der Waals surface area (Å²) in [5.74, 6) is 1.85. The summed E-state index contributed by atoms with van der Waals surface area (Å²) in [5, 5.41) is 11.6. The number of hydrogen-bond acceptors (Lipinski definition) is 4. The molecule has 0 N–H and O–H groups in total. The van der Waals surface area contributed by atoms with Crippen LogP contribution in [0.4, 0.5) is 5.69 Å². The summed E-state index contributed by atoms with van der Waals surface area (Å²) in [7, 11) is 0. The normalized spacial score (nSPS) is 13.2. The van der Waals surface area contributed by atoms with Crippen molar-refractivity contribution in [3.8, 4) is 11.5 Å². The zero-order valence-corrected chi connectivity index (χ0v) is 18.5. The van der Waals surface area contributed by atoms with E-state index >= 15 is 0 Å². The number of unbranched alkanes of at least 4 members (excludes halogenated alkanes) is 2. The molecule has 0 radical (unpaired) electrons. The molecule has 0 aliphatic carbocycles. The van der Waals surface area contributed by atoms with Gasteiger partial charge in [0, 0.05) is 0 Å². The monoisotopic (exact) mass is 393 g/mol. The van der Waals surface area contributed by atoms with E-state index in [1.54, 1.807) is 6.07 Å². The molecule has 0 aromatic heterocycles. The molecule has 5 heteroatoms. The average Bonchev–Trinajstić information content (AvgIpc) is 2.69. The van der Waals surface area contributed by atoms with Crippen LogP contribution in [0, 0.1) is 28.9 Å². The highest BCUT2D eigenvalue weighted by atomic mass is 16.6. The van der Waals surface area contributed by atoms with Crippen LogP contribution in [0.3, 0.4) is 0 Å². The van der Waals surface area contributed by atoms with Crippen LogP contribution < -0.4 is 9.47 Å². The van der Waals surface area contributed by atoms with Gasteiger partial charge in [0.25, 0.3) is 0 Å². The maximum atomic E-state index is 11.6. The number of nitro groups is 1. The molecule has 5 nitrogen and oxygen atoms in total. The Hall–Kier alpha value is -1.78. The summed E-state index contributed by atoms with van der Waals surface area (Å²) in [5.41, 5.74) is 0.875. The second-order valence-electron chi connectivity index (χ2n) is 7.80. The van der Waals surface area contributed by atoms with E-state index in [0.29, 0.717) is 36.5 Å². The van der Waals surface area contributed by atoms with E-state index < -0.39 is 0 Å². The number of benzene rings is 1. The van der Waals surface area contributed by atoms with Crippen molar-refractivity contribution in [2.75, 3.05) is 13.2 Å². The van der Waals surface area contributed by atoms with Gasteiger partial charge in [-0.05, 0) is 43.2 Å². The molecule has 0 fully saturated rings. The van der Waals surface area contributed by atoms with Gasteiger partial charge in [-0.1, -0.05) is 66.2 Å². The molecular weight excluding hydrogens is 354 g/mol. The average molecular weight is 394 g/mol. The molecule has 0 aliphatic rings. The molecule has 0 spiro atoms. The van der Waals surface area contributed by atoms with E-state index in [-0.39, 0.29) is 10.6 Å². The Morgan fingerprint density at radius 3 is 1.82 bits per heavy atom. The number of aryl methyl sites for hydroxylation is 1. The first-order chi connectivity index (χ1) is 13.5. The van der Waals surface area contributed by atoms with Crippen LogP contribution in [-0.4, -0.2) is 18.1 Å². The summed E-state index contributed by atoms with van der Waals surface area (Å²) in [6.45, 7) is 11.7. The first-order valence-corrected chi connectivity index (χ1v) is 11.0. The molecule has 2 atom stereocenters. The van der Waals surface area contributed by atoms with E-state index in [4.69, 9.17) is 9.47 Å². The van der Waals surface area contributed by atoms with Crippen molar-refractivity contribution in [2.24, 2.45) is 11.8 Å². The Balaban J connectivity index is 2.85. The maximum Gasteiger partial charge on any atom is 0.314 e. The molecule has 160 valence electrons. The van der Waals surface area contributed by atoms with Crippen molar-refractivity contribution in [1.82, 2.24) is 0 Å². The van der Waals surface area contributed by atoms with Crippen molar-refractivity contribution in [3.63, 3.8) is 0 Å². The maximum absolute atomic E-state index is 11.6. The van der Waals surface area contributed by atoms with Crippen LogP contribution >= 0.6 is 0 Å². The number of hydrogen-bond donors (Lipinski definition) is 0. The van der Waals surface area contributed by atoms with Crippen molar-refractivity contribution >= 4 is 5.69 Å². The fourth-order valence-electron chi connectivity index (χ4n) is 3.28. The summed E-state index contributed by atoms with van der Waals surface area (Å²) >= 11 is 0. The third kappa shape index (κ3) is 8.07. The van der Waals surface area contributed by atoms with Crippen LogP contribution in [0.5, 0.6) is 11.5 Å². The lowest BCUT2D eigenvalue weighted by Gasteiger charge is -2.18. The topological polar surface area (TPSA) is 61.6 Å². The third-order valence-electron chi connectivity index (χ3n) is 5.49. The SMILES string of the molecule is CCCCC(CC)COc1cc([N+](=O)[O-])c(OCC(CC)CCCC)cc1C. The Labute approximate surface area is 171 Å². The Kier molecular flexibility index (Phi) is 11.6. The largest absolute Gasteiger partial charge is 0.493 e.